The lowest BCUT2D eigenvalue weighted by atomic mass is 10.0. The molecule has 9 aromatic carbocycles. The van der Waals surface area contributed by atoms with Crippen LogP contribution in [0.15, 0.2) is 218 Å². The van der Waals surface area contributed by atoms with E-state index in [2.05, 4.69) is 221 Å². The maximum Gasteiger partial charge on any atom is 0.160 e. The highest BCUT2D eigenvalue weighted by Gasteiger charge is 2.21. The van der Waals surface area contributed by atoms with Crippen LogP contribution in [0.4, 0.5) is 0 Å². The molecule has 0 spiro atoms. The fourth-order valence-electron chi connectivity index (χ4n) is 9.11. The van der Waals surface area contributed by atoms with Crippen LogP contribution in [0.5, 0.6) is 0 Å². The van der Waals surface area contributed by atoms with E-state index in [4.69, 9.17) is 9.97 Å². The Balaban J connectivity index is 1.04. The molecule has 3 heterocycles. The van der Waals surface area contributed by atoms with Gasteiger partial charge in [-0.15, -0.1) is 0 Å². The molecule has 280 valence electrons. The van der Waals surface area contributed by atoms with E-state index < -0.39 is 0 Å². The summed E-state index contributed by atoms with van der Waals surface area (Å²) in [6.45, 7) is 0. The summed E-state index contributed by atoms with van der Waals surface area (Å²) in [5.41, 5.74) is 14.2. The Bertz CT molecular complexity index is 3580. The Morgan fingerprint density at radius 1 is 0.300 bits per heavy atom. The van der Waals surface area contributed by atoms with Crippen LogP contribution in [0, 0.1) is 0 Å². The van der Waals surface area contributed by atoms with Gasteiger partial charge in [0.05, 0.1) is 33.5 Å². The van der Waals surface area contributed by atoms with Crippen molar-refractivity contribution < 1.29 is 0 Å². The molecule has 0 saturated heterocycles. The van der Waals surface area contributed by atoms with Crippen molar-refractivity contribution >= 4 is 54.4 Å². The molecule has 0 amide bonds. The molecule has 12 aromatic rings. The van der Waals surface area contributed by atoms with Crippen LogP contribution >= 0.6 is 0 Å². The average molecular weight is 765 g/mol. The molecule has 4 nitrogen and oxygen atoms in total. The predicted molar refractivity (Wildman–Crippen MR) is 250 cm³/mol. The minimum Gasteiger partial charge on any atom is -0.309 e. The minimum absolute atomic E-state index is 0.691. The standard InChI is InChI=1S/C56H36N4/c1-4-15-37(16-5-1)40-19-14-20-41(33-40)50-36-49(39-17-6-2-7-18-39)57-56(58-50)42-28-27-38-29-30-45(35-43(38)34-42)59-52-26-13-11-24-48(52)54-53(59)32-31-47-46-23-10-12-25-51(46)60(55(47)54)44-21-8-3-9-22-44/h1-36H. The van der Waals surface area contributed by atoms with Gasteiger partial charge in [0, 0.05) is 49.6 Å². The van der Waals surface area contributed by atoms with Gasteiger partial charge in [-0.1, -0.05) is 158 Å². The summed E-state index contributed by atoms with van der Waals surface area (Å²) in [7, 11) is 0. The first-order valence-corrected chi connectivity index (χ1v) is 20.4. The summed E-state index contributed by atoms with van der Waals surface area (Å²) in [5.74, 6) is 0.691. The highest BCUT2D eigenvalue weighted by Crippen LogP contribution is 2.42. The Labute approximate surface area is 346 Å². The van der Waals surface area contributed by atoms with E-state index in [9.17, 15) is 0 Å². The zero-order chi connectivity index (χ0) is 39.6. The smallest absolute Gasteiger partial charge is 0.160 e. The lowest BCUT2D eigenvalue weighted by Crippen LogP contribution is -1.97. The zero-order valence-corrected chi connectivity index (χ0v) is 32.6. The second-order valence-corrected chi connectivity index (χ2v) is 15.4. The number of hydrogen-bond acceptors (Lipinski definition) is 2. The highest BCUT2D eigenvalue weighted by molar-refractivity contribution is 6.26. The van der Waals surface area contributed by atoms with Gasteiger partial charge < -0.3 is 9.13 Å². The molecule has 3 aromatic heterocycles. The third-order valence-corrected chi connectivity index (χ3v) is 11.9. The van der Waals surface area contributed by atoms with Crippen molar-refractivity contribution in [2.24, 2.45) is 0 Å². The van der Waals surface area contributed by atoms with Gasteiger partial charge in [0.2, 0.25) is 0 Å². The molecule has 0 radical (unpaired) electrons. The van der Waals surface area contributed by atoms with Crippen molar-refractivity contribution in [1.82, 2.24) is 19.1 Å². The lowest BCUT2D eigenvalue weighted by molar-refractivity contribution is 1.18. The van der Waals surface area contributed by atoms with E-state index in [1.165, 1.54) is 49.2 Å². The van der Waals surface area contributed by atoms with Crippen molar-refractivity contribution in [3.8, 4) is 56.4 Å². The molecule has 0 atom stereocenters. The molecule has 0 N–H and O–H groups in total. The van der Waals surface area contributed by atoms with E-state index in [0.29, 0.717) is 5.82 Å². The fraction of sp³-hybridized carbons (Fsp3) is 0. The number of benzene rings is 9. The predicted octanol–water partition coefficient (Wildman–Crippen LogP) is 14.5. The van der Waals surface area contributed by atoms with Crippen LogP contribution in [0.3, 0.4) is 0 Å². The molecule has 0 fully saturated rings. The molecule has 0 bridgehead atoms. The first kappa shape index (κ1) is 34.0. The van der Waals surface area contributed by atoms with Gasteiger partial charge >= 0.3 is 0 Å². The van der Waals surface area contributed by atoms with E-state index in [1.54, 1.807) is 0 Å². The Morgan fingerprint density at radius 2 is 0.917 bits per heavy atom. The van der Waals surface area contributed by atoms with Crippen LogP contribution in [0.2, 0.25) is 0 Å². The summed E-state index contributed by atoms with van der Waals surface area (Å²) in [4.78, 5) is 10.5. The topological polar surface area (TPSA) is 35.6 Å². The monoisotopic (exact) mass is 764 g/mol. The number of aromatic nitrogens is 4. The second-order valence-electron chi connectivity index (χ2n) is 15.4. The largest absolute Gasteiger partial charge is 0.309 e. The fourth-order valence-corrected chi connectivity index (χ4v) is 9.11. The molecule has 0 aliphatic carbocycles. The highest BCUT2D eigenvalue weighted by atomic mass is 15.0. The number of fused-ring (bicyclic) bond motifs is 8. The van der Waals surface area contributed by atoms with Crippen molar-refractivity contribution in [1.29, 1.82) is 0 Å². The molecule has 0 saturated carbocycles. The van der Waals surface area contributed by atoms with Crippen LogP contribution in [-0.2, 0) is 0 Å². The molecule has 60 heavy (non-hydrogen) atoms. The molecule has 0 aliphatic rings. The summed E-state index contributed by atoms with van der Waals surface area (Å²) < 4.78 is 4.86. The first-order valence-electron chi connectivity index (χ1n) is 20.4. The number of hydrogen-bond donors (Lipinski definition) is 0. The lowest BCUT2D eigenvalue weighted by Gasteiger charge is -2.12. The van der Waals surface area contributed by atoms with Crippen molar-refractivity contribution in [2.45, 2.75) is 0 Å². The molecule has 4 heteroatoms. The maximum absolute atomic E-state index is 5.26. The third kappa shape index (κ3) is 5.53. The summed E-state index contributed by atoms with van der Waals surface area (Å²) in [6, 6.07) is 77.9. The van der Waals surface area contributed by atoms with Gasteiger partial charge in [-0.25, -0.2) is 9.97 Å². The quantitative estimate of drug-likeness (QED) is 0.169. The van der Waals surface area contributed by atoms with E-state index in [-0.39, 0.29) is 0 Å². The van der Waals surface area contributed by atoms with Gasteiger partial charge in [-0.3, -0.25) is 0 Å². The molecule has 0 unspecified atom stereocenters. The normalized spacial score (nSPS) is 11.7. The molecule has 0 aliphatic heterocycles. The minimum atomic E-state index is 0.691. The van der Waals surface area contributed by atoms with E-state index in [0.717, 1.165) is 55.8 Å². The number of rotatable bonds is 6. The second kappa shape index (κ2) is 13.8. The van der Waals surface area contributed by atoms with Gasteiger partial charge in [-0.05, 0) is 82.6 Å². The van der Waals surface area contributed by atoms with Crippen molar-refractivity contribution in [2.75, 3.05) is 0 Å². The third-order valence-electron chi connectivity index (χ3n) is 11.9. The van der Waals surface area contributed by atoms with Gasteiger partial charge in [0.15, 0.2) is 5.82 Å². The number of para-hydroxylation sites is 3. The Morgan fingerprint density at radius 3 is 1.70 bits per heavy atom. The summed E-state index contributed by atoms with van der Waals surface area (Å²) in [5, 5.41) is 7.24. The molecular formula is C56H36N4. The summed E-state index contributed by atoms with van der Waals surface area (Å²) in [6.07, 6.45) is 0. The van der Waals surface area contributed by atoms with Crippen LogP contribution < -0.4 is 0 Å². The SMILES string of the molecule is c1ccc(-c2cccc(-c3cc(-c4ccccc4)nc(-c4ccc5ccc(-n6c7ccccc7c7c6ccc6c8ccccc8n(-c8ccccc8)c67)cc5c4)n3)c2)cc1. The summed E-state index contributed by atoms with van der Waals surface area (Å²) >= 11 is 0. The van der Waals surface area contributed by atoms with E-state index >= 15 is 0 Å². The van der Waals surface area contributed by atoms with Gasteiger partial charge in [-0.2, -0.15) is 0 Å². The van der Waals surface area contributed by atoms with Crippen LogP contribution in [0.1, 0.15) is 0 Å². The molecular weight excluding hydrogens is 729 g/mol. The van der Waals surface area contributed by atoms with Gasteiger partial charge in [0.25, 0.3) is 0 Å². The zero-order valence-electron chi connectivity index (χ0n) is 32.6. The van der Waals surface area contributed by atoms with Crippen LogP contribution in [-0.4, -0.2) is 19.1 Å². The number of nitrogens with zero attached hydrogens (tertiary/aromatic N) is 4. The first-order chi connectivity index (χ1) is 29.7. The maximum atomic E-state index is 5.26. The Kier molecular flexibility index (Phi) is 7.82. The van der Waals surface area contributed by atoms with Crippen molar-refractivity contribution in [3.05, 3.63) is 218 Å². The molecule has 12 rings (SSSR count). The Hall–Kier alpha value is -8.08. The average Bonchev–Trinajstić information content (AvgIpc) is 3.85. The van der Waals surface area contributed by atoms with Crippen LogP contribution in [0.25, 0.3) is 111 Å². The van der Waals surface area contributed by atoms with E-state index in [1.807, 2.05) is 6.07 Å². The van der Waals surface area contributed by atoms with Crippen molar-refractivity contribution in [3.63, 3.8) is 0 Å². The van der Waals surface area contributed by atoms with Gasteiger partial charge in [0.1, 0.15) is 0 Å².